The first kappa shape index (κ1) is 20.4. The van der Waals surface area contributed by atoms with Crippen molar-refractivity contribution in [3.63, 3.8) is 0 Å². The topological polar surface area (TPSA) is 79.5 Å². The fourth-order valence-corrected chi connectivity index (χ4v) is 2.79. The lowest BCUT2D eigenvalue weighted by atomic mass is 10.0. The molecule has 0 saturated carbocycles. The van der Waals surface area contributed by atoms with E-state index in [4.69, 9.17) is 5.73 Å². The summed E-state index contributed by atoms with van der Waals surface area (Å²) < 4.78 is 12.9. The number of carbonyl (C=O) groups is 1. The second-order valence-electron chi connectivity index (χ2n) is 6.20. The standard InChI is InChI=1S/C21H27FN4O/c1-3-16-6-5-7-17(4-2)20(16)26-21(23)25-13-12-24-19(27)14-15-8-10-18(22)11-9-15/h5-11H,3-4,12-14H2,1-2H3,(H,24,27)(H3,23,25,26). The van der Waals surface area contributed by atoms with Gasteiger partial charge in [0, 0.05) is 12.2 Å². The molecular formula is C21H27FN4O. The number of anilines is 1. The number of guanidine groups is 1. The Balaban J connectivity index is 1.82. The molecule has 0 saturated heterocycles. The molecule has 0 aliphatic carbocycles. The zero-order valence-corrected chi connectivity index (χ0v) is 15.9. The number of hydrogen-bond donors (Lipinski definition) is 3. The molecule has 0 radical (unpaired) electrons. The zero-order chi connectivity index (χ0) is 19.6. The number of aliphatic imine (C=N–C) groups is 1. The molecule has 0 aliphatic rings. The summed E-state index contributed by atoms with van der Waals surface area (Å²) in [5.41, 5.74) is 10.2. The molecule has 4 N–H and O–H groups in total. The second-order valence-corrected chi connectivity index (χ2v) is 6.20. The molecule has 27 heavy (non-hydrogen) atoms. The van der Waals surface area contributed by atoms with Crippen LogP contribution in [-0.2, 0) is 24.1 Å². The van der Waals surface area contributed by atoms with Gasteiger partial charge in [-0.3, -0.25) is 9.79 Å². The van der Waals surface area contributed by atoms with Crippen molar-refractivity contribution in [2.24, 2.45) is 10.7 Å². The minimum Gasteiger partial charge on any atom is -0.370 e. The molecule has 0 heterocycles. The Hall–Kier alpha value is -2.89. The van der Waals surface area contributed by atoms with Crippen molar-refractivity contribution in [3.8, 4) is 0 Å². The molecule has 0 spiro atoms. The summed E-state index contributed by atoms with van der Waals surface area (Å²) in [7, 11) is 0. The molecule has 0 aromatic heterocycles. The third kappa shape index (κ3) is 6.40. The van der Waals surface area contributed by atoms with Crippen LogP contribution in [0, 0.1) is 5.82 Å². The summed E-state index contributed by atoms with van der Waals surface area (Å²) >= 11 is 0. The van der Waals surface area contributed by atoms with Gasteiger partial charge in [-0.05, 0) is 41.7 Å². The molecule has 0 fully saturated rings. The van der Waals surface area contributed by atoms with Gasteiger partial charge in [0.15, 0.2) is 5.96 Å². The highest BCUT2D eigenvalue weighted by molar-refractivity contribution is 5.93. The van der Waals surface area contributed by atoms with Crippen LogP contribution in [0.15, 0.2) is 47.5 Å². The van der Waals surface area contributed by atoms with Gasteiger partial charge in [-0.15, -0.1) is 0 Å². The van der Waals surface area contributed by atoms with Crippen molar-refractivity contribution in [2.45, 2.75) is 33.1 Å². The number of aryl methyl sites for hydroxylation is 2. The summed E-state index contributed by atoms with van der Waals surface area (Å²) in [6.07, 6.45) is 2.02. The number of amides is 1. The van der Waals surface area contributed by atoms with Crippen LogP contribution in [0.1, 0.15) is 30.5 Å². The van der Waals surface area contributed by atoms with Gasteiger partial charge in [-0.2, -0.15) is 0 Å². The average molecular weight is 370 g/mol. The molecule has 0 bridgehead atoms. The van der Waals surface area contributed by atoms with E-state index >= 15 is 0 Å². The SMILES string of the molecule is CCc1cccc(CC)c1NC(N)=NCCNC(=O)Cc1ccc(F)cc1. The van der Waals surface area contributed by atoms with Crippen molar-refractivity contribution in [2.75, 3.05) is 18.4 Å². The van der Waals surface area contributed by atoms with Gasteiger partial charge in [0.25, 0.3) is 0 Å². The number of halogens is 1. The quantitative estimate of drug-likeness (QED) is 0.380. The summed E-state index contributed by atoms with van der Waals surface area (Å²) in [5.74, 6) is -0.112. The van der Waals surface area contributed by atoms with Gasteiger partial charge in [0.2, 0.25) is 5.91 Å². The van der Waals surface area contributed by atoms with Gasteiger partial charge in [-0.25, -0.2) is 4.39 Å². The maximum Gasteiger partial charge on any atom is 0.224 e. The highest BCUT2D eigenvalue weighted by atomic mass is 19.1. The lowest BCUT2D eigenvalue weighted by molar-refractivity contribution is -0.120. The summed E-state index contributed by atoms with van der Waals surface area (Å²) in [6.45, 7) is 4.97. The third-order valence-electron chi connectivity index (χ3n) is 4.25. The fourth-order valence-electron chi connectivity index (χ4n) is 2.79. The first-order chi connectivity index (χ1) is 13.0. The first-order valence-corrected chi connectivity index (χ1v) is 9.22. The van der Waals surface area contributed by atoms with E-state index in [0.29, 0.717) is 19.0 Å². The number of rotatable bonds is 8. The highest BCUT2D eigenvalue weighted by Gasteiger charge is 2.07. The van der Waals surface area contributed by atoms with E-state index < -0.39 is 0 Å². The second kappa shape index (κ2) is 10.3. The molecule has 144 valence electrons. The Morgan fingerprint density at radius 2 is 1.70 bits per heavy atom. The first-order valence-electron chi connectivity index (χ1n) is 9.22. The number of hydrogen-bond acceptors (Lipinski definition) is 2. The van der Waals surface area contributed by atoms with Crippen molar-refractivity contribution in [1.82, 2.24) is 5.32 Å². The Morgan fingerprint density at radius 1 is 1.07 bits per heavy atom. The molecule has 0 atom stereocenters. The van der Waals surface area contributed by atoms with Crippen molar-refractivity contribution < 1.29 is 9.18 Å². The molecular weight excluding hydrogens is 343 g/mol. The Labute approximate surface area is 159 Å². The molecule has 1 amide bonds. The van der Waals surface area contributed by atoms with Crippen molar-refractivity contribution in [3.05, 3.63) is 65.0 Å². The molecule has 5 nitrogen and oxygen atoms in total. The van der Waals surface area contributed by atoms with Crippen LogP contribution in [0.5, 0.6) is 0 Å². The maximum absolute atomic E-state index is 12.9. The van der Waals surface area contributed by atoms with Crippen LogP contribution in [0.4, 0.5) is 10.1 Å². The van der Waals surface area contributed by atoms with Crippen molar-refractivity contribution in [1.29, 1.82) is 0 Å². The van der Waals surface area contributed by atoms with Gasteiger partial charge < -0.3 is 16.4 Å². The monoisotopic (exact) mass is 370 g/mol. The highest BCUT2D eigenvalue weighted by Crippen LogP contribution is 2.22. The normalized spacial score (nSPS) is 11.3. The van der Waals surface area contributed by atoms with Crippen LogP contribution in [0.3, 0.4) is 0 Å². The minimum absolute atomic E-state index is 0.132. The zero-order valence-electron chi connectivity index (χ0n) is 15.9. The van der Waals surface area contributed by atoms with Crippen LogP contribution >= 0.6 is 0 Å². The molecule has 0 aliphatic heterocycles. The summed E-state index contributed by atoms with van der Waals surface area (Å²) in [5, 5.41) is 5.98. The van der Waals surface area contributed by atoms with E-state index in [1.165, 1.54) is 23.3 Å². The van der Waals surface area contributed by atoms with Gasteiger partial charge in [0.05, 0.1) is 13.0 Å². The Kier molecular flexibility index (Phi) is 7.79. The summed E-state index contributed by atoms with van der Waals surface area (Å²) in [6, 6.07) is 12.1. The number of benzene rings is 2. The number of nitrogens with two attached hydrogens (primary N) is 1. The number of nitrogens with zero attached hydrogens (tertiary/aromatic N) is 1. The van der Waals surface area contributed by atoms with E-state index in [1.54, 1.807) is 12.1 Å². The van der Waals surface area contributed by atoms with E-state index in [-0.39, 0.29) is 18.1 Å². The molecule has 2 aromatic carbocycles. The fraction of sp³-hybridized carbons (Fsp3) is 0.333. The number of carbonyl (C=O) groups excluding carboxylic acids is 1. The van der Waals surface area contributed by atoms with Gasteiger partial charge in [-0.1, -0.05) is 44.2 Å². The van der Waals surface area contributed by atoms with Crippen LogP contribution < -0.4 is 16.4 Å². The molecule has 6 heteroatoms. The van der Waals surface area contributed by atoms with E-state index in [0.717, 1.165) is 24.1 Å². The largest absolute Gasteiger partial charge is 0.370 e. The number of para-hydroxylation sites is 1. The van der Waals surface area contributed by atoms with Crippen molar-refractivity contribution >= 4 is 17.6 Å². The van der Waals surface area contributed by atoms with E-state index in [9.17, 15) is 9.18 Å². The molecule has 0 unspecified atom stereocenters. The third-order valence-corrected chi connectivity index (χ3v) is 4.25. The average Bonchev–Trinajstić information content (AvgIpc) is 2.67. The Morgan fingerprint density at radius 3 is 2.30 bits per heavy atom. The maximum atomic E-state index is 12.9. The van der Waals surface area contributed by atoms with Crippen LogP contribution in [0.25, 0.3) is 0 Å². The number of nitrogens with one attached hydrogen (secondary N) is 2. The Bertz CT molecular complexity index is 765. The van der Waals surface area contributed by atoms with E-state index in [1.807, 2.05) is 6.07 Å². The van der Waals surface area contributed by atoms with E-state index in [2.05, 4.69) is 41.6 Å². The van der Waals surface area contributed by atoms with Gasteiger partial charge in [0.1, 0.15) is 5.82 Å². The van der Waals surface area contributed by atoms with Crippen LogP contribution in [-0.4, -0.2) is 25.0 Å². The summed E-state index contributed by atoms with van der Waals surface area (Å²) in [4.78, 5) is 16.2. The predicted octanol–water partition coefficient (Wildman–Crippen LogP) is 3.04. The minimum atomic E-state index is -0.313. The van der Waals surface area contributed by atoms with Gasteiger partial charge >= 0.3 is 0 Å². The predicted molar refractivity (Wildman–Crippen MR) is 108 cm³/mol. The lowest BCUT2D eigenvalue weighted by Gasteiger charge is -2.14. The molecule has 2 aromatic rings. The molecule has 2 rings (SSSR count). The smallest absolute Gasteiger partial charge is 0.224 e. The lowest BCUT2D eigenvalue weighted by Crippen LogP contribution is -2.29. The van der Waals surface area contributed by atoms with Crippen LogP contribution in [0.2, 0.25) is 0 Å².